The third-order valence-corrected chi connectivity index (χ3v) is 5.11. The molecule has 1 aliphatic heterocycles. The fourth-order valence-electron chi connectivity index (χ4n) is 3.48. The molecule has 0 unspecified atom stereocenters. The van der Waals surface area contributed by atoms with Gasteiger partial charge in [-0.15, -0.1) is 0 Å². The number of methoxy groups -OCH3 is 1. The van der Waals surface area contributed by atoms with Crippen molar-refractivity contribution >= 4 is 23.4 Å². The first kappa shape index (κ1) is 20.0. The highest BCUT2D eigenvalue weighted by Crippen LogP contribution is 2.28. The second-order valence-corrected chi connectivity index (χ2v) is 7.22. The van der Waals surface area contributed by atoms with Crippen molar-refractivity contribution in [2.75, 3.05) is 20.2 Å². The zero-order valence-corrected chi connectivity index (χ0v) is 16.4. The van der Waals surface area contributed by atoms with Crippen molar-refractivity contribution in [1.82, 2.24) is 4.90 Å². The SMILES string of the molecule is COc1ccccc1C(=O)N1CC[C@H](Oc2ccc(Cl)cc2)[C@@H](CC(N)=O)C1. The van der Waals surface area contributed by atoms with Crippen LogP contribution < -0.4 is 15.2 Å². The largest absolute Gasteiger partial charge is 0.496 e. The molecular weight excluding hydrogens is 380 g/mol. The molecule has 1 heterocycles. The maximum atomic E-state index is 13.0. The summed E-state index contributed by atoms with van der Waals surface area (Å²) < 4.78 is 11.4. The lowest BCUT2D eigenvalue weighted by Gasteiger charge is -2.38. The van der Waals surface area contributed by atoms with Crippen LogP contribution in [0.5, 0.6) is 11.5 Å². The van der Waals surface area contributed by atoms with Crippen molar-refractivity contribution in [3.05, 3.63) is 59.1 Å². The number of carbonyl (C=O) groups is 2. The zero-order chi connectivity index (χ0) is 20.1. The maximum Gasteiger partial charge on any atom is 0.257 e. The second kappa shape index (κ2) is 8.97. The van der Waals surface area contributed by atoms with E-state index in [-0.39, 0.29) is 24.3 Å². The highest BCUT2D eigenvalue weighted by Gasteiger charge is 2.34. The predicted molar refractivity (Wildman–Crippen MR) is 107 cm³/mol. The molecule has 2 amide bonds. The van der Waals surface area contributed by atoms with Crippen LogP contribution in [0.25, 0.3) is 0 Å². The summed E-state index contributed by atoms with van der Waals surface area (Å²) in [7, 11) is 1.54. The molecule has 7 heteroatoms. The van der Waals surface area contributed by atoms with E-state index in [1.165, 1.54) is 7.11 Å². The Hall–Kier alpha value is -2.73. The highest BCUT2D eigenvalue weighted by molar-refractivity contribution is 6.30. The summed E-state index contributed by atoms with van der Waals surface area (Å²) in [5, 5.41) is 0.623. The Labute approximate surface area is 169 Å². The van der Waals surface area contributed by atoms with Gasteiger partial charge in [-0.2, -0.15) is 0 Å². The van der Waals surface area contributed by atoms with Gasteiger partial charge in [-0.25, -0.2) is 0 Å². The van der Waals surface area contributed by atoms with Gasteiger partial charge in [0.15, 0.2) is 0 Å². The zero-order valence-electron chi connectivity index (χ0n) is 15.6. The number of hydrogen-bond acceptors (Lipinski definition) is 4. The van der Waals surface area contributed by atoms with E-state index < -0.39 is 5.91 Å². The summed E-state index contributed by atoms with van der Waals surface area (Å²) in [6.07, 6.45) is 0.533. The molecule has 0 spiro atoms. The van der Waals surface area contributed by atoms with Gasteiger partial charge in [0, 0.05) is 36.9 Å². The highest BCUT2D eigenvalue weighted by atomic mass is 35.5. The van der Waals surface area contributed by atoms with E-state index >= 15 is 0 Å². The van der Waals surface area contributed by atoms with Gasteiger partial charge >= 0.3 is 0 Å². The van der Waals surface area contributed by atoms with Crippen LogP contribution in [0.4, 0.5) is 0 Å². The van der Waals surface area contributed by atoms with Crippen molar-refractivity contribution < 1.29 is 19.1 Å². The third kappa shape index (κ3) is 4.75. The van der Waals surface area contributed by atoms with Gasteiger partial charge in [0.25, 0.3) is 5.91 Å². The molecule has 2 N–H and O–H groups in total. The standard InChI is InChI=1S/C21H23ClN2O4/c1-27-19-5-3-2-4-17(19)21(26)24-11-10-18(14(13-24)12-20(23)25)28-16-8-6-15(22)7-9-16/h2-9,14,18H,10-13H2,1H3,(H2,23,25)/t14-,18-/m0/s1. The number of amides is 2. The summed E-state index contributed by atoms with van der Waals surface area (Å²) in [5.41, 5.74) is 5.94. The molecule has 0 radical (unpaired) electrons. The summed E-state index contributed by atoms with van der Waals surface area (Å²) in [6, 6.07) is 14.2. The van der Waals surface area contributed by atoms with Gasteiger partial charge in [-0.1, -0.05) is 23.7 Å². The number of hydrogen-bond donors (Lipinski definition) is 1. The molecule has 3 rings (SSSR count). The van der Waals surface area contributed by atoms with Gasteiger partial charge in [0.1, 0.15) is 17.6 Å². The van der Waals surface area contributed by atoms with Crippen molar-refractivity contribution in [3.8, 4) is 11.5 Å². The Bertz CT molecular complexity index is 841. The van der Waals surface area contributed by atoms with E-state index in [2.05, 4.69) is 0 Å². The van der Waals surface area contributed by atoms with E-state index in [1.54, 1.807) is 47.4 Å². The number of benzene rings is 2. The average Bonchev–Trinajstić information content (AvgIpc) is 2.70. The van der Waals surface area contributed by atoms with Gasteiger partial charge in [-0.3, -0.25) is 9.59 Å². The van der Waals surface area contributed by atoms with E-state index in [1.807, 2.05) is 6.07 Å². The fraction of sp³-hybridized carbons (Fsp3) is 0.333. The van der Waals surface area contributed by atoms with Crippen LogP contribution in [0.2, 0.25) is 5.02 Å². The lowest BCUT2D eigenvalue weighted by Crippen LogP contribution is -2.49. The van der Waals surface area contributed by atoms with Crippen molar-refractivity contribution in [2.24, 2.45) is 11.7 Å². The fourth-order valence-corrected chi connectivity index (χ4v) is 3.61. The van der Waals surface area contributed by atoms with Crippen LogP contribution in [0.15, 0.2) is 48.5 Å². The number of rotatable bonds is 6. The van der Waals surface area contributed by atoms with Gasteiger partial charge in [-0.05, 0) is 36.4 Å². The second-order valence-electron chi connectivity index (χ2n) is 6.78. The number of halogens is 1. The van der Waals surface area contributed by atoms with Crippen molar-refractivity contribution in [2.45, 2.75) is 18.9 Å². The normalized spacial score (nSPS) is 19.1. The van der Waals surface area contributed by atoms with Crippen LogP contribution in [0.3, 0.4) is 0 Å². The Morgan fingerprint density at radius 2 is 1.89 bits per heavy atom. The minimum Gasteiger partial charge on any atom is -0.496 e. The minimum absolute atomic E-state index is 0.128. The average molecular weight is 403 g/mol. The molecule has 1 saturated heterocycles. The van der Waals surface area contributed by atoms with Crippen molar-refractivity contribution in [3.63, 3.8) is 0 Å². The number of primary amides is 1. The molecule has 2 aromatic rings. The molecule has 2 atom stereocenters. The topological polar surface area (TPSA) is 81.9 Å². The van der Waals surface area contributed by atoms with Crippen LogP contribution >= 0.6 is 11.6 Å². The first-order chi connectivity index (χ1) is 13.5. The Morgan fingerprint density at radius 3 is 2.57 bits per heavy atom. The van der Waals surface area contributed by atoms with Gasteiger partial charge in [0.05, 0.1) is 12.7 Å². The molecule has 0 aromatic heterocycles. The Kier molecular flexibility index (Phi) is 6.41. The van der Waals surface area contributed by atoms with E-state index in [0.717, 1.165) is 0 Å². The molecule has 0 aliphatic carbocycles. The summed E-state index contributed by atoms with van der Waals surface area (Å²) in [5.74, 6) is 0.464. The lowest BCUT2D eigenvalue weighted by molar-refractivity contribution is -0.120. The minimum atomic E-state index is -0.415. The summed E-state index contributed by atoms with van der Waals surface area (Å²) in [4.78, 5) is 26.3. The summed E-state index contributed by atoms with van der Waals surface area (Å²) in [6.45, 7) is 0.905. The number of carbonyl (C=O) groups excluding carboxylic acids is 2. The van der Waals surface area contributed by atoms with Crippen molar-refractivity contribution in [1.29, 1.82) is 0 Å². The number of nitrogens with zero attached hydrogens (tertiary/aromatic N) is 1. The smallest absolute Gasteiger partial charge is 0.257 e. The Balaban J connectivity index is 1.75. The van der Waals surface area contributed by atoms with E-state index in [9.17, 15) is 9.59 Å². The molecule has 1 fully saturated rings. The van der Waals surface area contributed by atoms with Crippen LogP contribution in [-0.2, 0) is 4.79 Å². The first-order valence-corrected chi connectivity index (χ1v) is 9.48. The van der Waals surface area contributed by atoms with E-state index in [4.69, 9.17) is 26.8 Å². The molecule has 0 saturated carbocycles. The number of nitrogens with two attached hydrogens (primary N) is 1. The van der Waals surface area contributed by atoms with E-state index in [0.29, 0.717) is 41.6 Å². The quantitative estimate of drug-likeness (QED) is 0.804. The monoisotopic (exact) mass is 402 g/mol. The molecule has 2 aromatic carbocycles. The first-order valence-electron chi connectivity index (χ1n) is 9.10. The Morgan fingerprint density at radius 1 is 1.18 bits per heavy atom. The van der Waals surface area contributed by atoms with Gasteiger partial charge < -0.3 is 20.1 Å². The molecule has 148 valence electrons. The summed E-state index contributed by atoms with van der Waals surface area (Å²) >= 11 is 5.92. The maximum absolute atomic E-state index is 13.0. The number of piperidine rings is 1. The molecular formula is C21H23ClN2O4. The molecule has 1 aliphatic rings. The third-order valence-electron chi connectivity index (χ3n) is 4.85. The van der Waals surface area contributed by atoms with Crippen LogP contribution in [0, 0.1) is 5.92 Å². The van der Waals surface area contributed by atoms with Crippen LogP contribution in [-0.4, -0.2) is 43.0 Å². The number of para-hydroxylation sites is 1. The van der Waals surface area contributed by atoms with Crippen LogP contribution in [0.1, 0.15) is 23.2 Å². The predicted octanol–water partition coefficient (Wildman–Crippen LogP) is 3.13. The van der Waals surface area contributed by atoms with Gasteiger partial charge in [0.2, 0.25) is 5.91 Å². The molecule has 6 nitrogen and oxygen atoms in total. The lowest BCUT2D eigenvalue weighted by atomic mass is 9.90. The molecule has 0 bridgehead atoms. The molecule has 28 heavy (non-hydrogen) atoms. The number of ether oxygens (including phenoxy) is 2. The number of likely N-dealkylation sites (tertiary alicyclic amines) is 1.